The number of aliphatic hydroxyl groups is 1. The van der Waals surface area contributed by atoms with Gasteiger partial charge < -0.3 is 9.63 Å². The Labute approximate surface area is 83.0 Å². The lowest BCUT2D eigenvalue weighted by atomic mass is 9.90. The second-order valence-corrected chi connectivity index (χ2v) is 4.19. The van der Waals surface area contributed by atoms with Crippen molar-refractivity contribution in [3.63, 3.8) is 0 Å². The van der Waals surface area contributed by atoms with Crippen LogP contribution in [0.4, 0.5) is 5.69 Å². The third-order valence-corrected chi connectivity index (χ3v) is 2.33. The highest BCUT2D eigenvalue weighted by Gasteiger charge is 2.37. The van der Waals surface area contributed by atoms with Crippen LogP contribution in [0.15, 0.2) is 17.0 Å². The van der Waals surface area contributed by atoms with E-state index in [1.54, 1.807) is 27.7 Å². The normalized spacial score (nSPS) is 12.9. The maximum Gasteiger partial charge on any atom is 0.149 e. The Morgan fingerprint density at radius 3 is 2.50 bits per heavy atom. The van der Waals surface area contributed by atoms with E-state index in [0.717, 1.165) is 0 Å². The van der Waals surface area contributed by atoms with E-state index in [2.05, 4.69) is 15.2 Å². The van der Waals surface area contributed by atoms with E-state index in [4.69, 9.17) is 4.84 Å². The molecular weight excluding hydrogens is 184 g/mol. The van der Waals surface area contributed by atoms with Crippen LogP contribution in [0.5, 0.6) is 0 Å². The summed E-state index contributed by atoms with van der Waals surface area (Å²) in [5, 5.41) is 13.3. The fourth-order valence-corrected chi connectivity index (χ4v) is 0.567. The fraction of sp³-hybridized carbons (Fsp3) is 0.667. The minimum absolute atomic E-state index is 0.613. The summed E-state index contributed by atoms with van der Waals surface area (Å²) >= 11 is 0. The van der Waals surface area contributed by atoms with E-state index >= 15 is 0 Å². The van der Waals surface area contributed by atoms with Crippen molar-refractivity contribution >= 4 is 5.69 Å². The zero-order valence-corrected chi connectivity index (χ0v) is 8.87. The van der Waals surface area contributed by atoms with Crippen LogP contribution in [-0.2, 0) is 4.84 Å². The summed E-state index contributed by atoms with van der Waals surface area (Å²) in [4.78, 5) is 5.34. The van der Waals surface area contributed by atoms with Gasteiger partial charge in [0.2, 0.25) is 0 Å². The standard InChI is InChI=1S/C9H16N2O3/c1-8(2,12)9(3,4)14-11-7-5-10-13-6-7/h5-6,11-12H,1-4H3. The molecule has 5 nitrogen and oxygen atoms in total. The number of nitrogens with one attached hydrogen (secondary N) is 1. The molecule has 80 valence electrons. The minimum atomic E-state index is -0.947. The Kier molecular flexibility index (Phi) is 2.82. The third-order valence-electron chi connectivity index (χ3n) is 2.33. The molecule has 0 saturated heterocycles. The first kappa shape index (κ1) is 11.0. The predicted octanol–water partition coefficient (Wildman–Crippen LogP) is 1.57. The molecule has 1 heterocycles. The second-order valence-electron chi connectivity index (χ2n) is 4.19. The van der Waals surface area contributed by atoms with Crippen LogP contribution in [-0.4, -0.2) is 21.5 Å². The molecule has 0 saturated carbocycles. The molecule has 1 rings (SSSR count). The van der Waals surface area contributed by atoms with Gasteiger partial charge in [-0.2, -0.15) is 0 Å². The van der Waals surface area contributed by atoms with E-state index < -0.39 is 11.2 Å². The molecular formula is C9H16N2O3. The van der Waals surface area contributed by atoms with E-state index in [-0.39, 0.29) is 0 Å². The van der Waals surface area contributed by atoms with Crippen LogP contribution in [0, 0.1) is 0 Å². The van der Waals surface area contributed by atoms with Gasteiger partial charge in [-0.3, -0.25) is 10.3 Å². The van der Waals surface area contributed by atoms with Gasteiger partial charge in [-0.15, -0.1) is 0 Å². The molecule has 0 aliphatic heterocycles. The molecule has 1 aromatic heterocycles. The van der Waals surface area contributed by atoms with Gasteiger partial charge in [-0.1, -0.05) is 5.16 Å². The number of anilines is 1. The van der Waals surface area contributed by atoms with Gasteiger partial charge in [-0.25, -0.2) is 0 Å². The van der Waals surface area contributed by atoms with Crippen molar-refractivity contribution in [2.75, 3.05) is 5.48 Å². The van der Waals surface area contributed by atoms with Crippen molar-refractivity contribution < 1.29 is 14.5 Å². The van der Waals surface area contributed by atoms with E-state index in [1.165, 1.54) is 12.5 Å². The lowest BCUT2D eigenvalue weighted by Crippen LogP contribution is -2.48. The van der Waals surface area contributed by atoms with Crippen LogP contribution in [0.2, 0.25) is 0 Å². The molecule has 0 aromatic carbocycles. The molecule has 0 atom stereocenters. The van der Waals surface area contributed by atoms with Gasteiger partial charge >= 0.3 is 0 Å². The van der Waals surface area contributed by atoms with Gasteiger partial charge in [0.15, 0.2) is 0 Å². The number of hydrogen-bond acceptors (Lipinski definition) is 5. The monoisotopic (exact) mass is 200 g/mol. The average molecular weight is 200 g/mol. The molecule has 0 aliphatic rings. The van der Waals surface area contributed by atoms with Crippen molar-refractivity contribution in [3.8, 4) is 0 Å². The van der Waals surface area contributed by atoms with Gasteiger partial charge in [0, 0.05) is 0 Å². The largest absolute Gasteiger partial charge is 0.387 e. The number of aromatic nitrogens is 1. The maximum absolute atomic E-state index is 9.77. The molecule has 0 spiro atoms. The average Bonchev–Trinajstić information content (AvgIpc) is 2.50. The second kappa shape index (κ2) is 3.59. The summed E-state index contributed by atoms with van der Waals surface area (Å²) in [6, 6.07) is 0. The van der Waals surface area contributed by atoms with Gasteiger partial charge in [-0.05, 0) is 27.7 Å². The quantitative estimate of drug-likeness (QED) is 0.722. The van der Waals surface area contributed by atoms with Crippen molar-refractivity contribution in [2.45, 2.75) is 38.9 Å². The molecule has 5 heteroatoms. The van der Waals surface area contributed by atoms with Gasteiger partial charge in [0.05, 0.1) is 11.8 Å². The molecule has 0 radical (unpaired) electrons. The van der Waals surface area contributed by atoms with Crippen molar-refractivity contribution in [1.82, 2.24) is 5.16 Å². The van der Waals surface area contributed by atoms with E-state index in [1.807, 2.05) is 0 Å². The van der Waals surface area contributed by atoms with Crippen LogP contribution in [0.25, 0.3) is 0 Å². The Morgan fingerprint density at radius 1 is 1.43 bits per heavy atom. The first-order valence-corrected chi connectivity index (χ1v) is 4.39. The number of hydrogen-bond donors (Lipinski definition) is 2. The molecule has 0 aliphatic carbocycles. The Hall–Kier alpha value is -1.07. The molecule has 0 unspecified atom stereocenters. The summed E-state index contributed by atoms with van der Waals surface area (Å²) in [7, 11) is 0. The highest BCUT2D eigenvalue weighted by atomic mass is 16.7. The van der Waals surface area contributed by atoms with Crippen molar-refractivity contribution in [3.05, 3.63) is 12.5 Å². The van der Waals surface area contributed by atoms with E-state index in [9.17, 15) is 5.11 Å². The zero-order chi connectivity index (χ0) is 10.8. The first-order valence-electron chi connectivity index (χ1n) is 4.39. The number of rotatable bonds is 4. The smallest absolute Gasteiger partial charge is 0.149 e. The van der Waals surface area contributed by atoms with Crippen LogP contribution >= 0.6 is 0 Å². The highest BCUT2D eigenvalue weighted by molar-refractivity contribution is 5.33. The summed E-state index contributed by atoms with van der Waals surface area (Å²) < 4.78 is 4.61. The minimum Gasteiger partial charge on any atom is -0.387 e. The summed E-state index contributed by atoms with van der Waals surface area (Å²) in [5.74, 6) is 0. The highest BCUT2D eigenvalue weighted by Crippen LogP contribution is 2.25. The van der Waals surface area contributed by atoms with Gasteiger partial charge in [0.25, 0.3) is 0 Å². The summed E-state index contributed by atoms with van der Waals surface area (Å²) in [6.07, 6.45) is 2.90. The maximum atomic E-state index is 9.77. The molecule has 0 bridgehead atoms. The van der Waals surface area contributed by atoms with Crippen molar-refractivity contribution in [2.24, 2.45) is 0 Å². The molecule has 2 N–H and O–H groups in total. The summed E-state index contributed by atoms with van der Waals surface area (Å²) in [6.45, 7) is 6.94. The fourth-order valence-electron chi connectivity index (χ4n) is 0.567. The lowest BCUT2D eigenvalue weighted by Gasteiger charge is -2.36. The van der Waals surface area contributed by atoms with Crippen LogP contribution < -0.4 is 5.48 Å². The third kappa shape index (κ3) is 2.46. The Bertz CT molecular complexity index is 275. The first-order chi connectivity index (χ1) is 6.33. The molecule has 1 aromatic rings. The SMILES string of the molecule is CC(C)(O)C(C)(C)ONc1cnoc1. The lowest BCUT2D eigenvalue weighted by molar-refractivity contribution is -0.130. The predicted molar refractivity (Wildman–Crippen MR) is 51.6 cm³/mol. The Balaban J connectivity index is 2.53. The Morgan fingerprint density at radius 2 is 2.07 bits per heavy atom. The van der Waals surface area contributed by atoms with E-state index in [0.29, 0.717) is 5.69 Å². The van der Waals surface area contributed by atoms with Gasteiger partial charge in [0.1, 0.15) is 17.6 Å². The number of nitrogens with zero attached hydrogens (tertiary/aromatic N) is 1. The topological polar surface area (TPSA) is 67.5 Å². The molecule has 14 heavy (non-hydrogen) atoms. The zero-order valence-electron chi connectivity index (χ0n) is 8.87. The molecule has 0 fully saturated rings. The van der Waals surface area contributed by atoms with Crippen LogP contribution in [0.3, 0.4) is 0 Å². The summed E-state index contributed by atoms with van der Waals surface area (Å²) in [5.41, 5.74) is 1.60. The molecule has 0 amide bonds. The van der Waals surface area contributed by atoms with Crippen molar-refractivity contribution in [1.29, 1.82) is 0 Å². The van der Waals surface area contributed by atoms with Crippen LogP contribution in [0.1, 0.15) is 27.7 Å².